The molecule has 1 aliphatic rings. The molecular formula is C27H23NO4S. The zero-order valence-corrected chi connectivity index (χ0v) is 18.9. The third kappa shape index (κ3) is 5.73. The van der Waals surface area contributed by atoms with Crippen LogP contribution in [0, 0.1) is 0 Å². The first kappa shape index (κ1) is 22.4. The van der Waals surface area contributed by atoms with Crippen molar-refractivity contribution in [2.45, 2.75) is 13.5 Å². The van der Waals surface area contributed by atoms with Crippen molar-refractivity contribution in [1.29, 1.82) is 0 Å². The molecule has 4 rings (SSSR count). The first-order valence-corrected chi connectivity index (χ1v) is 11.4. The van der Waals surface area contributed by atoms with Crippen molar-refractivity contribution in [2.24, 2.45) is 4.99 Å². The first-order chi connectivity index (χ1) is 16.1. The third-order valence-electron chi connectivity index (χ3n) is 4.76. The second kappa shape index (κ2) is 10.7. The molecule has 0 amide bonds. The molecule has 0 saturated carbocycles. The lowest BCUT2D eigenvalue weighted by atomic mass is 10.1. The van der Waals surface area contributed by atoms with Gasteiger partial charge in [-0.15, -0.1) is 0 Å². The van der Waals surface area contributed by atoms with Crippen LogP contribution in [0.4, 0.5) is 5.69 Å². The Kier molecular flexibility index (Phi) is 7.27. The lowest BCUT2D eigenvalue weighted by Gasteiger charge is -2.07. The van der Waals surface area contributed by atoms with Gasteiger partial charge in [0.15, 0.2) is 0 Å². The lowest BCUT2D eigenvalue weighted by Crippen LogP contribution is -2.12. The highest BCUT2D eigenvalue weighted by Crippen LogP contribution is 2.40. The molecule has 166 valence electrons. The van der Waals surface area contributed by atoms with Gasteiger partial charge in [0.25, 0.3) is 0 Å². The molecule has 1 heterocycles. The van der Waals surface area contributed by atoms with E-state index in [1.54, 1.807) is 6.92 Å². The molecule has 1 aliphatic heterocycles. The Labute approximate surface area is 197 Å². The van der Waals surface area contributed by atoms with Gasteiger partial charge in [-0.3, -0.25) is 0 Å². The quantitative estimate of drug-likeness (QED) is 0.413. The molecule has 33 heavy (non-hydrogen) atoms. The number of benzene rings is 3. The summed E-state index contributed by atoms with van der Waals surface area (Å²) in [6, 6.07) is 26.8. The van der Waals surface area contributed by atoms with E-state index in [1.807, 2.05) is 91.0 Å². The summed E-state index contributed by atoms with van der Waals surface area (Å²) in [6.45, 7) is 2.39. The van der Waals surface area contributed by atoms with E-state index < -0.39 is 5.97 Å². The number of ether oxygens (including phenoxy) is 2. The van der Waals surface area contributed by atoms with Gasteiger partial charge in [0, 0.05) is 0 Å². The number of carbonyl (C=O) groups is 1. The standard InChI is InChI=1S/C27H23NO4S/c1-2-31-27(30)24-25(29)23(33-26(24)28-21-13-7-4-8-14-21)17-20-12-9-15-22(16-20)32-18-19-10-5-3-6-11-19/h3-17,29H,2,18H2,1H3/b23-17+,28-26?. The normalized spacial score (nSPS) is 15.8. The molecule has 3 aromatic rings. The molecular weight excluding hydrogens is 434 g/mol. The highest BCUT2D eigenvalue weighted by atomic mass is 32.2. The molecule has 0 spiro atoms. The number of aliphatic imine (C=N–C) groups is 1. The highest BCUT2D eigenvalue weighted by molar-refractivity contribution is 8.18. The summed E-state index contributed by atoms with van der Waals surface area (Å²) in [5.74, 6) is -0.0206. The fourth-order valence-corrected chi connectivity index (χ4v) is 4.23. The van der Waals surface area contributed by atoms with Gasteiger partial charge >= 0.3 is 5.97 Å². The molecule has 0 fully saturated rings. The van der Waals surface area contributed by atoms with Crippen LogP contribution in [0.2, 0.25) is 0 Å². The summed E-state index contributed by atoms with van der Waals surface area (Å²) < 4.78 is 11.1. The number of thioether (sulfide) groups is 1. The maximum Gasteiger partial charge on any atom is 0.344 e. The predicted molar refractivity (Wildman–Crippen MR) is 133 cm³/mol. The van der Waals surface area contributed by atoms with Crippen molar-refractivity contribution in [1.82, 2.24) is 0 Å². The van der Waals surface area contributed by atoms with E-state index in [1.165, 1.54) is 11.8 Å². The number of carbonyl (C=O) groups excluding carboxylic acids is 1. The van der Waals surface area contributed by atoms with E-state index in [2.05, 4.69) is 4.99 Å². The second-order valence-electron chi connectivity index (χ2n) is 7.15. The van der Waals surface area contributed by atoms with Crippen molar-refractivity contribution in [3.8, 4) is 5.75 Å². The number of para-hydroxylation sites is 1. The van der Waals surface area contributed by atoms with Crippen molar-refractivity contribution in [2.75, 3.05) is 6.61 Å². The minimum Gasteiger partial charge on any atom is -0.506 e. The van der Waals surface area contributed by atoms with Gasteiger partial charge < -0.3 is 14.6 Å². The Bertz CT molecular complexity index is 1220. The van der Waals surface area contributed by atoms with Gasteiger partial charge in [0.2, 0.25) is 0 Å². The van der Waals surface area contributed by atoms with Crippen molar-refractivity contribution in [3.05, 3.63) is 112 Å². The van der Waals surface area contributed by atoms with Crippen LogP contribution in [-0.2, 0) is 16.1 Å². The van der Waals surface area contributed by atoms with Crippen molar-refractivity contribution >= 4 is 34.5 Å². The van der Waals surface area contributed by atoms with E-state index in [9.17, 15) is 9.90 Å². The fraction of sp³-hybridized carbons (Fsp3) is 0.111. The van der Waals surface area contributed by atoms with E-state index in [0.717, 1.165) is 11.1 Å². The Morgan fingerprint density at radius 1 is 1.00 bits per heavy atom. The van der Waals surface area contributed by atoms with Crippen LogP contribution >= 0.6 is 11.8 Å². The minimum absolute atomic E-state index is 0.0773. The van der Waals surface area contributed by atoms with Crippen molar-refractivity contribution in [3.63, 3.8) is 0 Å². The van der Waals surface area contributed by atoms with Gasteiger partial charge in [0.05, 0.1) is 17.2 Å². The van der Waals surface area contributed by atoms with Crippen LogP contribution in [-0.4, -0.2) is 22.7 Å². The zero-order chi connectivity index (χ0) is 23.0. The summed E-state index contributed by atoms with van der Waals surface area (Å²) >= 11 is 1.23. The number of hydrogen-bond acceptors (Lipinski definition) is 6. The van der Waals surface area contributed by atoms with Crippen LogP contribution in [0.1, 0.15) is 18.1 Å². The number of hydrogen-bond donors (Lipinski definition) is 1. The molecule has 5 nitrogen and oxygen atoms in total. The average Bonchev–Trinajstić information content (AvgIpc) is 3.14. The SMILES string of the molecule is CCOC(=O)C1=C(O)/C(=C\c2cccc(OCc3ccccc3)c2)SC1=Nc1ccccc1. The summed E-state index contributed by atoms with van der Waals surface area (Å²) in [6.07, 6.45) is 1.81. The second-order valence-corrected chi connectivity index (χ2v) is 8.18. The Morgan fingerprint density at radius 3 is 2.45 bits per heavy atom. The van der Waals surface area contributed by atoms with E-state index in [0.29, 0.717) is 28.0 Å². The molecule has 3 aromatic carbocycles. The molecule has 0 unspecified atom stereocenters. The molecule has 0 radical (unpaired) electrons. The Morgan fingerprint density at radius 2 is 1.73 bits per heavy atom. The third-order valence-corrected chi connectivity index (χ3v) is 5.78. The zero-order valence-electron chi connectivity index (χ0n) is 18.1. The van der Waals surface area contributed by atoms with Gasteiger partial charge in [-0.1, -0.05) is 72.4 Å². The number of esters is 1. The van der Waals surface area contributed by atoms with E-state index in [4.69, 9.17) is 9.47 Å². The average molecular weight is 458 g/mol. The summed E-state index contributed by atoms with van der Waals surface area (Å²) in [4.78, 5) is 17.6. The number of aliphatic hydroxyl groups is 1. The minimum atomic E-state index is -0.597. The maximum absolute atomic E-state index is 12.5. The van der Waals surface area contributed by atoms with Gasteiger partial charge in [-0.05, 0) is 48.4 Å². The molecule has 0 bridgehead atoms. The molecule has 6 heteroatoms. The highest BCUT2D eigenvalue weighted by Gasteiger charge is 2.33. The summed E-state index contributed by atoms with van der Waals surface area (Å²) in [5.41, 5.74) is 2.67. The van der Waals surface area contributed by atoms with Gasteiger partial charge in [0.1, 0.15) is 28.7 Å². The van der Waals surface area contributed by atoms with Crippen molar-refractivity contribution < 1.29 is 19.4 Å². The van der Waals surface area contributed by atoms with Crippen LogP contribution < -0.4 is 4.74 Å². The molecule has 0 saturated heterocycles. The monoisotopic (exact) mass is 457 g/mol. The van der Waals surface area contributed by atoms with Crippen LogP contribution in [0.15, 0.2) is 106 Å². The predicted octanol–water partition coefficient (Wildman–Crippen LogP) is 6.46. The molecule has 1 N–H and O–H groups in total. The number of rotatable bonds is 7. The fourth-order valence-electron chi connectivity index (χ4n) is 3.20. The lowest BCUT2D eigenvalue weighted by molar-refractivity contribution is -0.138. The van der Waals surface area contributed by atoms with Gasteiger partial charge in [-0.2, -0.15) is 0 Å². The van der Waals surface area contributed by atoms with E-state index in [-0.39, 0.29) is 17.9 Å². The number of aliphatic hydroxyl groups excluding tert-OH is 1. The van der Waals surface area contributed by atoms with Crippen LogP contribution in [0.25, 0.3) is 6.08 Å². The van der Waals surface area contributed by atoms with E-state index >= 15 is 0 Å². The maximum atomic E-state index is 12.5. The van der Waals surface area contributed by atoms with Crippen LogP contribution in [0.5, 0.6) is 5.75 Å². The Balaban J connectivity index is 1.60. The molecule has 0 aliphatic carbocycles. The largest absolute Gasteiger partial charge is 0.506 e. The number of nitrogens with zero attached hydrogens (tertiary/aromatic N) is 1. The summed E-state index contributed by atoms with van der Waals surface area (Å²) in [7, 11) is 0. The molecule has 0 aromatic heterocycles. The molecule has 0 atom stereocenters. The Hall–Kier alpha value is -3.77. The smallest absolute Gasteiger partial charge is 0.344 e. The topological polar surface area (TPSA) is 68.1 Å². The van der Waals surface area contributed by atoms with Gasteiger partial charge in [-0.25, -0.2) is 9.79 Å². The first-order valence-electron chi connectivity index (χ1n) is 10.5. The van der Waals surface area contributed by atoms with Crippen LogP contribution in [0.3, 0.4) is 0 Å². The summed E-state index contributed by atoms with van der Waals surface area (Å²) in [5, 5.41) is 11.3.